The molecule has 2 aromatic rings. The van der Waals surface area contributed by atoms with Gasteiger partial charge in [0.1, 0.15) is 11.4 Å². The molecule has 17 heavy (non-hydrogen) atoms. The van der Waals surface area contributed by atoms with E-state index >= 15 is 0 Å². The Balaban J connectivity index is 2.12. The minimum Gasteiger partial charge on any atom is -0.508 e. The largest absolute Gasteiger partial charge is 0.508 e. The Bertz CT molecular complexity index is 519. The molecule has 2 rings (SSSR count). The Morgan fingerprint density at radius 2 is 2.00 bits per heavy atom. The van der Waals surface area contributed by atoms with Crippen LogP contribution in [0.3, 0.4) is 0 Å². The van der Waals surface area contributed by atoms with Crippen molar-refractivity contribution in [3.63, 3.8) is 0 Å². The van der Waals surface area contributed by atoms with E-state index in [1.165, 1.54) is 4.68 Å². The van der Waals surface area contributed by atoms with E-state index in [1.807, 2.05) is 0 Å². The second kappa shape index (κ2) is 4.65. The predicted molar refractivity (Wildman–Crippen MR) is 59.4 cm³/mol. The van der Waals surface area contributed by atoms with Crippen LogP contribution in [0, 0.1) is 0 Å². The van der Waals surface area contributed by atoms with Crippen molar-refractivity contribution in [2.45, 2.75) is 13.0 Å². The van der Waals surface area contributed by atoms with Gasteiger partial charge >= 0.3 is 5.97 Å². The number of aliphatic carboxylic acids is 1. The molecule has 0 spiro atoms. The molecule has 1 heterocycles. The number of rotatable bonds is 4. The molecule has 6 nitrogen and oxygen atoms in total. The maximum Gasteiger partial charge on any atom is 0.305 e. The summed E-state index contributed by atoms with van der Waals surface area (Å²) in [5.41, 5.74) is 1.47. The third kappa shape index (κ3) is 2.81. The van der Waals surface area contributed by atoms with Crippen molar-refractivity contribution in [2.24, 2.45) is 0 Å². The van der Waals surface area contributed by atoms with E-state index in [0.29, 0.717) is 12.2 Å². The van der Waals surface area contributed by atoms with Gasteiger partial charge in [-0.3, -0.25) is 9.48 Å². The summed E-state index contributed by atoms with van der Waals surface area (Å²) in [6.07, 6.45) is 1.69. The molecule has 0 amide bonds. The number of nitrogens with zero attached hydrogens (tertiary/aromatic N) is 3. The first-order valence-electron chi connectivity index (χ1n) is 5.06. The molecule has 0 bridgehead atoms. The van der Waals surface area contributed by atoms with Crippen molar-refractivity contribution in [3.8, 4) is 17.0 Å². The zero-order valence-corrected chi connectivity index (χ0v) is 8.95. The lowest BCUT2D eigenvalue weighted by Crippen LogP contribution is -2.04. The minimum atomic E-state index is -0.869. The van der Waals surface area contributed by atoms with Gasteiger partial charge in [0.15, 0.2) is 0 Å². The van der Waals surface area contributed by atoms with Crippen LogP contribution in [0.2, 0.25) is 0 Å². The molecular formula is C11H11N3O3. The number of aromatic hydroxyl groups is 1. The van der Waals surface area contributed by atoms with Crippen LogP contribution < -0.4 is 0 Å². The van der Waals surface area contributed by atoms with Crippen molar-refractivity contribution in [1.29, 1.82) is 0 Å². The first-order valence-corrected chi connectivity index (χ1v) is 5.06. The topological polar surface area (TPSA) is 88.2 Å². The first kappa shape index (κ1) is 11.1. The minimum absolute atomic E-state index is 0.0123. The van der Waals surface area contributed by atoms with E-state index in [9.17, 15) is 4.79 Å². The number of aryl methyl sites for hydroxylation is 1. The van der Waals surface area contributed by atoms with Gasteiger partial charge in [-0.25, -0.2) is 0 Å². The summed E-state index contributed by atoms with van der Waals surface area (Å²) in [6.45, 7) is 0.292. The highest BCUT2D eigenvalue weighted by atomic mass is 16.4. The molecule has 0 fully saturated rings. The molecule has 0 aliphatic heterocycles. The van der Waals surface area contributed by atoms with Gasteiger partial charge in [0.25, 0.3) is 0 Å². The summed E-state index contributed by atoms with van der Waals surface area (Å²) in [6, 6.07) is 6.57. The summed E-state index contributed by atoms with van der Waals surface area (Å²) in [5.74, 6) is -0.682. The summed E-state index contributed by atoms with van der Waals surface area (Å²) >= 11 is 0. The summed E-state index contributed by atoms with van der Waals surface area (Å²) in [5, 5.41) is 25.4. The fourth-order valence-corrected chi connectivity index (χ4v) is 1.38. The van der Waals surface area contributed by atoms with E-state index in [4.69, 9.17) is 10.2 Å². The highest BCUT2D eigenvalue weighted by molar-refractivity contribution is 5.66. The predicted octanol–water partition coefficient (Wildman–Crippen LogP) is 1.13. The van der Waals surface area contributed by atoms with Gasteiger partial charge in [-0.15, -0.1) is 5.10 Å². The van der Waals surface area contributed by atoms with Crippen LogP contribution in [0.15, 0.2) is 30.5 Å². The van der Waals surface area contributed by atoms with Crippen LogP contribution in [0.5, 0.6) is 5.75 Å². The Morgan fingerprint density at radius 1 is 1.29 bits per heavy atom. The van der Waals surface area contributed by atoms with Gasteiger partial charge in [0.05, 0.1) is 19.2 Å². The Hall–Kier alpha value is -2.37. The number of hydrogen-bond acceptors (Lipinski definition) is 4. The number of aromatic nitrogens is 3. The maximum atomic E-state index is 10.4. The molecule has 1 aromatic carbocycles. The molecule has 0 aliphatic rings. The Labute approximate surface area is 97.1 Å². The van der Waals surface area contributed by atoms with Crippen LogP contribution in [-0.2, 0) is 11.3 Å². The Morgan fingerprint density at radius 3 is 2.65 bits per heavy atom. The van der Waals surface area contributed by atoms with Crippen molar-refractivity contribution in [1.82, 2.24) is 15.0 Å². The van der Waals surface area contributed by atoms with Gasteiger partial charge < -0.3 is 10.2 Å². The SMILES string of the molecule is O=C(O)CCn1cc(-c2ccc(O)cc2)nn1. The average molecular weight is 233 g/mol. The third-order valence-corrected chi connectivity index (χ3v) is 2.26. The second-order valence-electron chi connectivity index (χ2n) is 3.56. The number of benzene rings is 1. The smallest absolute Gasteiger partial charge is 0.305 e. The number of phenols is 1. The van der Waals surface area contributed by atoms with E-state index < -0.39 is 5.97 Å². The molecule has 0 aliphatic carbocycles. The quantitative estimate of drug-likeness (QED) is 0.826. The number of carbonyl (C=O) groups is 1. The lowest BCUT2D eigenvalue weighted by Gasteiger charge is -1.96. The molecule has 6 heteroatoms. The van der Waals surface area contributed by atoms with Crippen LogP contribution in [0.4, 0.5) is 0 Å². The van der Waals surface area contributed by atoms with Crippen LogP contribution in [0.1, 0.15) is 6.42 Å². The highest BCUT2D eigenvalue weighted by Crippen LogP contribution is 2.19. The zero-order valence-electron chi connectivity index (χ0n) is 8.95. The number of hydrogen-bond donors (Lipinski definition) is 2. The molecule has 0 unspecified atom stereocenters. The number of carboxylic acid groups (broad SMARTS) is 1. The second-order valence-corrected chi connectivity index (χ2v) is 3.56. The molecule has 0 radical (unpaired) electrons. The molecule has 0 saturated carbocycles. The van der Waals surface area contributed by atoms with Gasteiger partial charge in [0.2, 0.25) is 0 Å². The molecule has 2 N–H and O–H groups in total. The van der Waals surface area contributed by atoms with Crippen molar-refractivity contribution in [3.05, 3.63) is 30.5 Å². The van der Waals surface area contributed by atoms with E-state index in [2.05, 4.69) is 10.3 Å². The van der Waals surface area contributed by atoms with Crippen LogP contribution >= 0.6 is 0 Å². The van der Waals surface area contributed by atoms with Gasteiger partial charge in [-0.2, -0.15) is 0 Å². The number of carboxylic acids is 1. The lowest BCUT2D eigenvalue weighted by atomic mass is 10.2. The van der Waals surface area contributed by atoms with Gasteiger partial charge in [-0.1, -0.05) is 5.21 Å². The van der Waals surface area contributed by atoms with Crippen LogP contribution in [0.25, 0.3) is 11.3 Å². The molecule has 1 aromatic heterocycles. The summed E-state index contributed by atoms with van der Waals surface area (Å²) < 4.78 is 1.48. The average Bonchev–Trinajstić information content (AvgIpc) is 2.76. The standard InChI is InChI=1S/C11H11N3O3/c15-9-3-1-8(2-4-9)10-7-14(13-12-10)6-5-11(16)17/h1-4,7,15H,5-6H2,(H,16,17). The monoisotopic (exact) mass is 233 g/mol. The third-order valence-electron chi connectivity index (χ3n) is 2.26. The van der Waals surface area contributed by atoms with Crippen molar-refractivity contribution < 1.29 is 15.0 Å². The normalized spacial score (nSPS) is 10.4. The zero-order chi connectivity index (χ0) is 12.3. The maximum absolute atomic E-state index is 10.4. The fourth-order valence-electron chi connectivity index (χ4n) is 1.38. The first-order chi connectivity index (χ1) is 8.15. The molecule has 88 valence electrons. The van der Waals surface area contributed by atoms with E-state index in [1.54, 1.807) is 30.5 Å². The summed E-state index contributed by atoms with van der Waals surface area (Å²) in [4.78, 5) is 10.4. The highest BCUT2D eigenvalue weighted by Gasteiger charge is 2.05. The van der Waals surface area contributed by atoms with Gasteiger partial charge in [-0.05, 0) is 24.3 Å². The van der Waals surface area contributed by atoms with E-state index in [-0.39, 0.29) is 12.2 Å². The Kier molecular flexibility index (Phi) is 3.04. The van der Waals surface area contributed by atoms with Gasteiger partial charge in [0, 0.05) is 5.56 Å². The summed E-state index contributed by atoms with van der Waals surface area (Å²) in [7, 11) is 0. The molecule has 0 atom stereocenters. The number of phenolic OH excluding ortho intramolecular Hbond substituents is 1. The molecule has 0 saturated heterocycles. The van der Waals surface area contributed by atoms with Crippen LogP contribution in [-0.4, -0.2) is 31.2 Å². The van der Waals surface area contributed by atoms with Crippen molar-refractivity contribution >= 4 is 5.97 Å². The van der Waals surface area contributed by atoms with Crippen molar-refractivity contribution in [2.75, 3.05) is 0 Å². The molecular weight excluding hydrogens is 222 g/mol. The van der Waals surface area contributed by atoms with E-state index in [0.717, 1.165) is 5.56 Å². The fraction of sp³-hybridized carbons (Fsp3) is 0.182. The lowest BCUT2D eigenvalue weighted by molar-refractivity contribution is -0.137.